The number of nitrogens with zero attached hydrogens (tertiary/aromatic N) is 2. The van der Waals surface area contributed by atoms with Gasteiger partial charge < -0.3 is 16.0 Å². The number of aromatic nitrogens is 2. The third kappa shape index (κ3) is 6.86. The third-order valence-electron chi connectivity index (χ3n) is 4.72. The number of carbonyl (C=O) groups is 3. The maximum atomic E-state index is 12.4. The number of nitrogens with one attached hydrogen (secondary N) is 3. The van der Waals surface area contributed by atoms with E-state index in [1.807, 2.05) is 30.3 Å². The molecule has 9 heteroatoms. The van der Waals surface area contributed by atoms with Gasteiger partial charge in [0.2, 0.25) is 5.91 Å². The summed E-state index contributed by atoms with van der Waals surface area (Å²) >= 11 is 0. The van der Waals surface area contributed by atoms with Crippen LogP contribution in [0.3, 0.4) is 0 Å². The van der Waals surface area contributed by atoms with E-state index in [4.69, 9.17) is 0 Å². The minimum absolute atomic E-state index is 0.104. The van der Waals surface area contributed by atoms with Crippen LogP contribution in [0.5, 0.6) is 0 Å². The average molecular weight is 447 g/mol. The third-order valence-corrected chi connectivity index (χ3v) is 4.72. The van der Waals surface area contributed by atoms with E-state index in [0.29, 0.717) is 17.7 Å². The zero-order chi connectivity index (χ0) is 23.6. The van der Waals surface area contributed by atoms with E-state index in [-0.39, 0.29) is 42.7 Å². The predicted molar refractivity (Wildman–Crippen MR) is 124 cm³/mol. The first-order chi connectivity index (χ1) is 16.0. The molecule has 0 bridgehead atoms. The van der Waals surface area contributed by atoms with Crippen LogP contribution in [0.15, 0.2) is 71.5 Å². The molecule has 0 aliphatic rings. The first kappa shape index (κ1) is 23.4. The molecule has 0 radical (unpaired) electrons. The maximum Gasteiger partial charge on any atom is 0.271 e. The summed E-state index contributed by atoms with van der Waals surface area (Å²) in [5, 5.41) is 12.2. The molecule has 0 atom stereocenters. The normalized spacial score (nSPS) is 10.3. The Morgan fingerprint density at radius 1 is 0.848 bits per heavy atom. The largest absolute Gasteiger partial charge is 0.350 e. The predicted octanol–water partition coefficient (Wildman–Crippen LogP) is 1.80. The Morgan fingerprint density at radius 2 is 1.52 bits per heavy atom. The van der Waals surface area contributed by atoms with Crippen molar-refractivity contribution < 1.29 is 14.4 Å². The lowest BCUT2D eigenvalue weighted by atomic mass is 10.2. The maximum absolute atomic E-state index is 12.4. The fraction of sp³-hybridized carbons (Fsp3) is 0.208. The quantitative estimate of drug-likeness (QED) is 0.432. The molecule has 0 saturated heterocycles. The van der Waals surface area contributed by atoms with Gasteiger partial charge in [-0.1, -0.05) is 37.3 Å². The van der Waals surface area contributed by atoms with Crippen molar-refractivity contribution in [2.45, 2.75) is 19.9 Å². The highest BCUT2D eigenvalue weighted by Crippen LogP contribution is 2.09. The molecule has 3 rings (SSSR count). The highest BCUT2D eigenvalue weighted by atomic mass is 16.2. The Morgan fingerprint density at radius 3 is 2.18 bits per heavy atom. The summed E-state index contributed by atoms with van der Waals surface area (Å²) in [6.45, 7) is 2.42. The molecule has 3 N–H and O–H groups in total. The van der Waals surface area contributed by atoms with Crippen LogP contribution >= 0.6 is 0 Å². The summed E-state index contributed by atoms with van der Waals surface area (Å²) in [6.07, 6.45) is 0.373. The Balaban J connectivity index is 1.48. The number of hydrogen-bond donors (Lipinski definition) is 3. The first-order valence-corrected chi connectivity index (χ1v) is 10.5. The van der Waals surface area contributed by atoms with Crippen molar-refractivity contribution in [3.05, 3.63) is 93.9 Å². The topological polar surface area (TPSA) is 122 Å². The number of benzene rings is 2. The van der Waals surface area contributed by atoms with E-state index in [0.717, 1.165) is 5.56 Å². The molecule has 3 aromatic rings. The van der Waals surface area contributed by atoms with Crippen molar-refractivity contribution in [1.29, 1.82) is 0 Å². The molecule has 0 saturated carbocycles. The molecular formula is C24H25N5O4. The van der Waals surface area contributed by atoms with E-state index in [2.05, 4.69) is 21.0 Å². The van der Waals surface area contributed by atoms with Crippen molar-refractivity contribution in [2.75, 3.05) is 18.4 Å². The standard InChI is InChI=1S/C24H25N5O4/c1-2-21(30)27-19-10-8-18(9-11-19)23(32)25-14-15-26-24(33)20-12-13-22(31)29(28-20)16-17-6-4-3-5-7-17/h3-13H,2,14-16H2,1H3,(H,25,32)(H,26,33)(H,27,30). The molecular weight excluding hydrogens is 422 g/mol. The van der Waals surface area contributed by atoms with Crippen molar-refractivity contribution >= 4 is 23.4 Å². The zero-order valence-corrected chi connectivity index (χ0v) is 18.2. The highest BCUT2D eigenvalue weighted by Gasteiger charge is 2.10. The number of amides is 3. The van der Waals surface area contributed by atoms with Gasteiger partial charge in [-0.15, -0.1) is 0 Å². The Kier molecular flexibility index (Phi) is 8.07. The molecule has 0 aliphatic heterocycles. The van der Waals surface area contributed by atoms with Gasteiger partial charge >= 0.3 is 0 Å². The second-order valence-electron chi connectivity index (χ2n) is 7.19. The van der Waals surface area contributed by atoms with Crippen LogP contribution < -0.4 is 21.5 Å². The summed E-state index contributed by atoms with van der Waals surface area (Å²) < 4.78 is 1.23. The van der Waals surface area contributed by atoms with E-state index >= 15 is 0 Å². The van der Waals surface area contributed by atoms with Crippen molar-refractivity contribution in [3.8, 4) is 0 Å². The molecule has 0 fully saturated rings. The van der Waals surface area contributed by atoms with Crippen LogP contribution in [0.1, 0.15) is 39.8 Å². The lowest BCUT2D eigenvalue weighted by molar-refractivity contribution is -0.115. The highest BCUT2D eigenvalue weighted by molar-refractivity contribution is 5.96. The summed E-state index contributed by atoms with van der Waals surface area (Å²) in [7, 11) is 0. The lowest BCUT2D eigenvalue weighted by Gasteiger charge is -2.09. The van der Waals surface area contributed by atoms with E-state index in [1.54, 1.807) is 31.2 Å². The van der Waals surface area contributed by atoms with Gasteiger partial charge in [0.25, 0.3) is 17.4 Å². The van der Waals surface area contributed by atoms with E-state index in [9.17, 15) is 19.2 Å². The minimum Gasteiger partial charge on any atom is -0.350 e. The van der Waals surface area contributed by atoms with Crippen LogP contribution in [0.25, 0.3) is 0 Å². The number of carbonyl (C=O) groups excluding carboxylic acids is 3. The summed E-state index contributed by atoms with van der Waals surface area (Å²) in [5.41, 5.74) is 1.76. The molecule has 9 nitrogen and oxygen atoms in total. The van der Waals surface area contributed by atoms with Crippen LogP contribution in [0, 0.1) is 0 Å². The molecule has 1 aromatic heterocycles. The monoisotopic (exact) mass is 447 g/mol. The second-order valence-corrected chi connectivity index (χ2v) is 7.19. The Bertz CT molecular complexity index is 1170. The Hall–Kier alpha value is -4.27. The summed E-state index contributed by atoms with van der Waals surface area (Å²) in [4.78, 5) is 48.1. The van der Waals surface area contributed by atoms with Gasteiger partial charge in [0, 0.05) is 36.8 Å². The average Bonchev–Trinajstić information content (AvgIpc) is 2.84. The first-order valence-electron chi connectivity index (χ1n) is 10.5. The molecule has 3 amide bonds. The van der Waals surface area contributed by atoms with Crippen LogP contribution in [0.4, 0.5) is 5.69 Å². The summed E-state index contributed by atoms with van der Waals surface area (Å²) in [5.74, 6) is -0.845. The van der Waals surface area contributed by atoms with Gasteiger partial charge in [0.15, 0.2) is 0 Å². The van der Waals surface area contributed by atoms with Crippen molar-refractivity contribution in [2.24, 2.45) is 0 Å². The molecule has 33 heavy (non-hydrogen) atoms. The molecule has 170 valence electrons. The minimum atomic E-state index is -0.443. The lowest BCUT2D eigenvalue weighted by Crippen LogP contribution is -2.36. The molecule has 1 heterocycles. The smallest absolute Gasteiger partial charge is 0.271 e. The van der Waals surface area contributed by atoms with Gasteiger partial charge in [-0.3, -0.25) is 19.2 Å². The molecule has 0 aliphatic carbocycles. The van der Waals surface area contributed by atoms with Crippen LogP contribution in [-0.2, 0) is 11.3 Å². The van der Waals surface area contributed by atoms with Crippen LogP contribution in [0.2, 0.25) is 0 Å². The zero-order valence-electron chi connectivity index (χ0n) is 18.2. The molecule has 2 aromatic carbocycles. The van der Waals surface area contributed by atoms with Crippen molar-refractivity contribution in [3.63, 3.8) is 0 Å². The molecule has 0 unspecified atom stereocenters. The fourth-order valence-electron chi connectivity index (χ4n) is 2.94. The number of hydrogen-bond acceptors (Lipinski definition) is 5. The van der Waals surface area contributed by atoms with Gasteiger partial charge in [-0.2, -0.15) is 5.10 Å². The van der Waals surface area contributed by atoms with E-state index < -0.39 is 5.91 Å². The van der Waals surface area contributed by atoms with Crippen LogP contribution in [-0.4, -0.2) is 40.6 Å². The fourth-order valence-corrected chi connectivity index (χ4v) is 2.94. The van der Waals surface area contributed by atoms with Gasteiger partial charge in [-0.05, 0) is 35.9 Å². The molecule has 0 spiro atoms. The summed E-state index contributed by atoms with van der Waals surface area (Å²) in [6, 6.07) is 18.6. The number of rotatable bonds is 9. The van der Waals surface area contributed by atoms with Gasteiger partial charge in [-0.25, -0.2) is 4.68 Å². The van der Waals surface area contributed by atoms with Crippen molar-refractivity contribution in [1.82, 2.24) is 20.4 Å². The van der Waals surface area contributed by atoms with Gasteiger partial charge in [0.1, 0.15) is 5.69 Å². The SMILES string of the molecule is CCC(=O)Nc1ccc(C(=O)NCCNC(=O)c2ccc(=O)n(Cc3ccccc3)n2)cc1. The second kappa shape index (κ2) is 11.4. The van der Waals surface area contributed by atoms with E-state index in [1.165, 1.54) is 16.8 Å². The Labute approximate surface area is 190 Å². The number of anilines is 1. The van der Waals surface area contributed by atoms with Gasteiger partial charge in [0.05, 0.1) is 6.54 Å².